The lowest BCUT2D eigenvalue weighted by molar-refractivity contribution is -0.147. The Morgan fingerprint density at radius 3 is 2.17 bits per heavy atom. The van der Waals surface area contributed by atoms with Crippen molar-refractivity contribution in [2.45, 2.75) is 33.0 Å². The molecule has 1 fully saturated rings. The van der Waals surface area contributed by atoms with E-state index >= 15 is 0 Å². The molecule has 0 aromatic heterocycles. The fraction of sp³-hybridized carbons (Fsp3) is 0.889. The van der Waals surface area contributed by atoms with Gasteiger partial charge in [-0.3, -0.25) is 4.79 Å². The van der Waals surface area contributed by atoms with Gasteiger partial charge in [-0.25, -0.2) is 0 Å². The molecule has 1 aliphatic rings. The number of carbonyl (C=O) groups excluding carboxylic acids is 1. The number of hydrogen-bond acceptors (Lipinski definition) is 3. The number of esters is 1. The van der Waals surface area contributed by atoms with E-state index in [4.69, 9.17) is 9.47 Å². The van der Waals surface area contributed by atoms with Crippen molar-refractivity contribution in [1.29, 1.82) is 0 Å². The predicted molar refractivity (Wildman–Crippen MR) is 44.7 cm³/mol. The van der Waals surface area contributed by atoms with Crippen LogP contribution < -0.4 is 0 Å². The summed E-state index contributed by atoms with van der Waals surface area (Å²) in [4.78, 5) is 11.3. The number of rotatable bonds is 1. The van der Waals surface area contributed by atoms with E-state index in [-0.39, 0.29) is 30.0 Å². The lowest BCUT2D eigenvalue weighted by Gasteiger charge is -2.14. The molecule has 3 heteroatoms. The van der Waals surface area contributed by atoms with Crippen molar-refractivity contribution in [3.8, 4) is 0 Å². The van der Waals surface area contributed by atoms with Crippen LogP contribution in [0.5, 0.6) is 0 Å². The van der Waals surface area contributed by atoms with Gasteiger partial charge in [0.2, 0.25) is 0 Å². The van der Waals surface area contributed by atoms with Crippen molar-refractivity contribution in [3.05, 3.63) is 0 Å². The summed E-state index contributed by atoms with van der Waals surface area (Å²) in [5.41, 5.74) is 0. The van der Waals surface area contributed by atoms with Crippen LogP contribution in [-0.2, 0) is 14.3 Å². The van der Waals surface area contributed by atoms with Crippen molar-refractivity contribution in [2.75, 3.05) is 7.11 Å². The van der Waals surface area contributed by atoms with E-state index < -0.39 is 0 Å². The Hall–Kier alpha value is -0.570. The zero-order valence-electron chi connectivity index (χ0n) is 8.03. The molecule has 4 unspecified atom stereocenters. The van der Waals surface area contributed by atoms with Crippen LogP contribution in [0.4, 0.5) is 0 Å². The predicted octanol–water partition coefficient (Wildman–Crippen LogP) is 1.22. The van der Waals surface area contributed by atoms with E-state index in [0.717, 1.165) is 0 Å². The van der Waals surface area contributed by atoms with Gasteiger partial charge in [-0.05, 0) is 19.8 Å². The summed E-state index contributed by atoms with van der Waals surface area (Å²) < 4.78 is 10.2. The number of hydrogen-bond donors (Lipinski definition) is 0. The monoisotopic (exact) mass is 172 g/mol. The Morgan fingerprint density at radius 1 is 1.25 bits per heavy atom. The minimum absolute atomic E-state index is 0.0116. The van der Waals surface area contributed by atoms with Crippen LogP contribution in [0.25, 0.3) is 0 Å². The molecular weight excluding hydrogens is 156 g/mol. The van der Waals surface area contributed by atoms with Crippen molar-refractivity contribution in [1.82, 2.24) is 0 Å². The summed E-state index contributed by atoms with van der Waals surface area (Å²) in [6.07, 6.45) is 0.145. The highest BCUT2D eigenvalue weighted by Crippen LogP contribution is 2.32. The van der Waals surface area contributed by atoms with Gasteiger partial charge in [0.05, 0.1) is 25.2 Å². The van der Waals surface area contributed by atoms with Crippen LogP contribution in [0, 0.1) is 11.8 Å². The molecule has 1 rings (SSSR count). The smallest absolute Gasteiger partial charge is 0.311 e. The van der Waals surface area contributed by atoms with Gasteiger partial charge in [0.15, 0.2) is 0 Å². The molecule has 1 heterocycles. The Labute approximate surface area is 73.0 Å². The Morgan fingerprint density at radius 2 is 1.83 bits per heavy atom. The van der Waals surface area contributed by atoms with Crippen LogP contribution >= 0.6 is 0 Å². The second-order valence-electron chi connectivity index (χ2n) is 3.45. The van der Waals surface area contributed by atoms with E-state index in [1.807, 2.05) is 20.8 Å². The molecule has 12 heavy (non-hydrogen) atoms. The molecule has 0 aliphatic carbocycles. The molecule has 0 aromatic carbocycles. The first-order valence-corrected chi connectivity index (χ1v) is 4.31. The van der Waals surface area contributed by atoms with Gasteiger partial charge in [-0.15, -0.1) is 0 Å². The Balaban J connectivity index is 2.69. The molecule has 0 saturated carbocycles. The highest BCUT2D eigenvalue weighted by molar-refractivity contribution is 5.73. The van der Waals surface area contributed by atoms with Crippen LogP contribution in [0.2, 0.25) is 0 Å². The van der Waals surface area contributed by atoms with Gasteiger partial charge >= 0.3 is 5.97 Å². The number of carbonyl (C=O) groups is 1. The first kappa shape index (κ1) is 9.52. The van der Waals surface area contributed by atoms with Gasteiger partial charge < -0.3 is 9.47 Å². The molecule has 0 amide bonds. The van der Waals surface area contributed by atoms with E-state index in [9.17, 15) is 4.79 Å². The van der Waals surface area contributed by atoms with Gasteiger partial charge in [0, 0.05) is 0 Å². The second-order valence-corrected chi connectivity index (χ2v) is 3.45. The second kappa shape index (κ2) is 3.44. The minimum atomic E-state index is -0.153. The summed E-state index contributed by atoms with van der Waals surface area (Å²) in [6, 6.07) is 0. The highest BCUT2D eigenvalue weighted by atomic mass is 16.5. The summed E-state index contributed by atoms with van der Waals surface area (Å²) >= 11 is 0. The Bertz CT molecular complexity index is 179. The molecule has 70 valence electrons. The molecular formula is C9H16O3. The maximum absolute atomic E-state index is 11.3. The quantitative estimate of drug-likeness (QED) is 0.558. The topological polar surface area (TPSA) is 35.5 Å². The molecule has 1 saturated heterocycles. The summed E-state index contributed by atoms with van der Waals surface area (Å²) in [6.45, 7) is 5.93. The van der Waals surface area contributed by atoms with E-state index in [0.29, 0.717) is 0 Å². The van der Waals surface area contributed by atoms with E-state index in [2.05, 4.69) is 0 Å². The van der Waals surface area contributed by atoms with Gasteiger partial charge in [-0.2, -0.15) is 0 Å². The van der Waals surface area contributed by atoms with Crippen LogP contribution in [0.15, 0.2) is 0 Å². The van der Waals surface area contributed by atoms with Crippen LogP contribution in [0.3, 0.4) is 0 Å². The summed E-state index contributed by atoms with van der Waals surface area (Å²) in [5, 5.41) is 0. The van der Waals surface area contributed by atoms with Crippen molar-refractivity contribution in [3.63, 3.8) is 0 Å². The highest BCUT2D eigenvalue weighted by Gasteiger charge is 2.42. The SMILES string of the molecule is COC(=O)C1C(C)OC(C)C1C. The van der Waals surface area contributed by atoms with Crippen LogP contribution in [-0.4, -0.2) is 25.3 Å². The van der Waals surface area contributed by atoms with Crippen molar-refractivity contribution < 1.29 is 14.3 Å². The summed E-state index contributed by atoms with van der Waals surface area (Å²) in [5.74, 6) is 0.0109. The third-order valence-corrected chi connectivity index (χ3v) is 2.72. The molecule has 0 bridgehead atoms. The van der Waals surface area contributed by atoms with Crippen LogP contribution in [0.1, 0.15) is 20.8 Å². The lowest BCUT2D eigenvalue weighted by Crippen LogP contribution is -2.27. The van der Waals surface area contributed by atoms with Gasteiger partial charge in [-0.1, -0.05) is 6.92 Å². The van der Waals surface area contributed by atoms with Gasteiger partial charge in [0.1, 0.15) is 0 Å². The average molecular weight is 172 g/mol. The molecule has 0 N–H and O–H groups in total. The van der Waals surface area contributed by atoms with Gasteiger partial charge in [0.25, 0.3) is 0 Å². The molecule has 0 spiro atoms. The van der Waals surface area contributed by atoms with E-state index in [1.54, 1.807) is 0 Å². The maximum atomic E-state index is 11.3. The molecule has 0 radical (unpaired) electrons. The molecule has 3 nitrogen and oxygen atoms in total. The Kier molecular flexibility index (Phi) is 2.73. The lowest BCUT2D eigenvalue weighted by atomic mass is 9.90. The van der Waals surface area contributed by atoms with Crippen molar-refractivity contribution in [2.24, 2.45) is 11.8 Å². The first-order chi connectivity index (χ1) is 5.57. The molecule has 0 aromatic rings. The minimum Gasteiger partial charge on any atom is -0.469 e. The standard InChI is InChI=1S/C9H16O3/c1-5-6(2)12-7(3)8(5)9(10)11-4/h5-8H,1-4H3. The average Bonchev–Trinajstić information content (AvgIpc) is 2.26. The fourth-order valence-corrected chi connectivity index (χ4v) is 1.81. The zero-order valence-corrected chi connectivity index (χ0v) is 8.03. The van der Waals surface area contributed by atoms with Crippen molar-refractivity contribution >= 4 is 5.97 Å². The number of methoxy groups -OCH3 is 1. The zero-order chi connectivity index (χ0) is 9.30. The summed E-state index contributed by atoms with van der Waals surface area (Å²) in [7, 11) is 1.42. The third-order valence-electron chi connectivity index (χ3n) is 2.72. The number of ether oxygens (including phenoxy) is 2. The molecule has 4 atom stereocenters. The first-order valence-electron chi connectivity index (χ1n) is 4.31. The normalized spacial score (nSPS) is 41.3. The maximum Gasteiger partial charge on any atom is 0.311 e. The molecule has 1 aliphatic heterocycles. The largest absolute Gasteiger partial charge is 0.469 e. The van der Waals surface area contributed by atoms with E-state index in [1.165, 1.54) is 7.11 Å². The fourth-order valence-electron chi connectivity index (χ4n) is 1.81. The third kappa shape index (κ3) is 1.46.